The van der Waals surface area contributed by atoms with Crippen LogP contribution in [0.5, 0.6) is 0 Å². The largest absolute Gasteiger partial charge is 0.353 e. The Bertz CT molecular complexity index is 768. The first kappa shape index (κ1) is 18.6. The van der Waals surface area contributed by atoms with Crippen LogP contribution in [0.25, 0.3) is 0 Å². The van der Waals surface area contributed by atoms with E-state index in [1.54, 1.807) is 4.68 Å². The number of piperazine rings is 1. The summed E-state index contributed by atoms with van der Waals surface area (Å²) in [5.41, 5.74) is 0.984. The standard InChI is InChI=1S/C17H25N7OS/c1-12(2)16-20-13(3)9-14(21-16)23-5-7-24(8-6-23)15(25)10-26-17-18-11-19-22(17)4/h9,11-12H,5-8,10H2,1-4H3. The van der Waals surface area contributed by atoms with Gasteiger partial charge >= 0.3 is 0 Å². The number of rotatable bonds is 5. The Kier molecular flexibility index (Phi) is 5.75. The highest BCUT2D eigenvalue weighted by Crippen LogP contribution is 2.19. The van der Waals surface area contributed by atoms with Crippen LogP contribution in [-0.2, 0) is 11.8 Å². The number of carbonyl (C=O) groups is 1. The van der Waals surface area contributed by atoms with Crippen LogP contribution < -0.4 is 4.90 Å². The summed E-state index contributed by atoms with van der Waals surface area (Å²) in [6, 6.07) is 2.02. The molecule has 140 valence electrons. The quantitative estimate of drug-likeness (QED) is 0.732. The van der Waals surface area contributed by atoms with E-state index < -0.39 is 0 Å². The fourth-order valence-corrected chi connectivity index (χ4v) is 3.60. The smallest absolute Gasteiger partial charge is 0.233 e. The highest BCUT2D eigenvalue weighted by molar-refractivity contribution is 7.99. The number of hydrogen-bond donors (Lipinski definition) is 0. The second-order valence-corrected chi connectivity index (χ2v) is 7.65. The molecule has 0 aliphatic carbocycles. The van der Waals surface area contributed by atoms with E-state index in [1.165, 1.54) is 18.1 Å². The van der Waals surface area contributed by atoms with Gasteiger partial charge in [-0.15, -0.1) is 0 Å². The number of nitrogens with zero attached hydrogens (tertiary/aromatic N) is 7. The highest BCUT2D eigenvalue weighted by Gasteiger charge is 2.23. The third-order valence-corrected chi connectivity index (χ3v) is 5.34. The Morgan fingerprint density at radius 1 is 1.23 bits per heavy atom. The van der Waals surface area contributed by atoms with E-state index in [1.807, 2.05) is 24.9 Å². The predicted octanol–water partition coefficient (Wildman–Crippen LogP) is 1.48. The number of anilines is 1. The average molecular weight is 376 g/mol. The van der Waals surface area contributed by atoms with Gasteiger partial charge in [-0.25, -0.2) is 19.6 Å². The second kappa shape index (κ2) is 8.03. The molecule has 0 N–H and O–H groups in total. The summed E-state index contributed by atoms with van der Waals surface area (Å²) in [5, 5.41) is 4.78. The molecular formula is C17H25N7OS. The van der Waals surface area contributed by atoms with Crippen molar-refractivity contribution < 1.29 is 4.79 Å². The Labute approximate surface area is 158 Å². The Morgan fingerprint density at radius 2 is 1.96 bits per heavy atom. The molecule has 1 amide bonds. The zero-order chi connectivity index (χ0) is 18.7. The van der Waals surface area contributed by atoms with Crippen LogP contribution in [0.3, 0.4) is 0 Å². The fraction of sp³-hybridized carbons (Fsp3) is 0.588. The van der Waals surface area contributed by atoms with Crippen molar-refractivity contribution in [3.05, 3.63) is 23.9 Å². The van der Waals surface area contributed by atoms with Gasteiger partial charge in [0.1, 0.15) is 18.0 Å². The Morgan fingerprint density at radius 3 is 2.58 bits per heavy atom. The van der Waals surface area contributed by atoms with Crippen LogP contribution in [0.4, 0.5) is 5.82 Å². The summed E-state index contributed by atoms with van der Waals surface area (Å²) in [5.74, 6) is 2.66. The molecule has 1 aliphatic heterocycles. The second-order valence-electron chi connectivity index (χ2n) is 6.70. The van der Waals surface area contributed by atoms with Gasteiger partial charge in [0, 0.05) is 50.9 Å². The van der Waals surface area contributed by atoms with Crippen molar-refractivity contribution in [2.24, 2.45) is 7.05 Å². The number of aryl methyl sites for hydroxylation is 2. The van der Waals surface area contributed by atoms with Crippen LogP contribution in [-0.4, -0.2) is 67.5 Å². The van der Waals surface area contributed by atoms with Crippen molar-refractivity contribution in [3.8, 4) is 0 Å². The third-order valence-electron chi connectivity index (χ3n) is 4.33. The normalized spacial score (nSPS) is 15.0. The van der Waals surface area contributed by atoms with Gasteiger partial charge in [0.25, 0.3) is 0 Å². The van der Waals surface area contributed by atoms with E-state index in [9.17, 15) is 4.79 Å². The molecule has 0 unspecified atom stereocenters. The molecule has 0 radical (unpaired) electrons. The molecule has 0 saturated carbocycles. The maximum atomic E-state index is 12.4. The van der Waals surface area contributed by atoms with Gasteiger partial charge in [0.05, 0.1) is 5.75 Å². The monoisotopic (exact) mass is 375 g/mol. The van der Waals surface area contributed by atoms with E-state index in [0.29, 0.717) is 24.8 Å². The molecule has 0 aromatic carbocycles. The van der Waals surface area contributed by atoms with Crippen molar-refractivity contribution >= 4 is 23.5 Å². The molecule has 8 nitrogen and oxygen atoms in total. The minimum absolute atomic E-state index is 0.138. The number of hydrogen-bond acceptors (Lipinski definition) is 7. The molecule has 26 heavy (non-hydrogen) atoms. The summed E-state index contributed by atoms with van der Waals surface area (Å²) in [6.45, 7) is 9.19. The van der Waals surface area contributed by atoms with Crippen molar-refractivity contribution in [3.63, 3.8) is 0 Å². The first-order chi connectivity index (χ1) is 12.4. The number of thioether (sulfide) groups is 1. The molecule has 0 bridgehead atoms. The third kappa shape index (κ3) is 4.32. The molecular weight excluding hydrogens is 350 g/mol. The lowest BCUT2D eigenvalue weighted by Gasteiger charge is -2.35. The van der Waals surface area contributed by atoms with E-state index in [-0.39, 0.29) is 5.91 Å². The molecule has 1 saturated heterocycles. The minimum Gasteiger partial charge on any atom is -0.353 e. The van der Waals surface area contributed by atoms with E-state index in [2.05, 4.69) is 33.8 Å². The molecule has 1 aliphatic rings. The van der Waals surface area contributed by atoms with Crippen molar-refractivity contribution in [1.29, 1.82) is 0 Å². The van der Waals surface area contributed by atoms with Crippen LogP contribution in [0, 0.1) is 6.92 Å². The summed E-state index contributed by atoms with van der Waals surface area (Å²) in [6.07, 6.45) is 1.50. The fourth-order valence-electron chi connectivity index (χ4n) is 2.81. The lowest BCUT2D eigenvalue weighted by atomic mass is 10.2. The van der Waals surface area contributed by atoms with Crippen molar-refractivity contribution in [2.45, 2.75) is 31.8 Å². The number of amides is 1. The predicted molar refractivity (Wildman–Crippen MR) is 101 cm³/mol. The van der Waals surface area contributed by atoms with E-state index >= 15 is 0 Å². The van der Waals surface area contributed by atoms with Gasteiger partial charge < -0.3 is 9.80 Å². The molecule has 3 heterocycles. The zero-order valence-corrected chi connectivity index (χ0v) is 16.5. The average Bonchev–Trinajstić information content (AvgIpc) is 3.04. The summed E-state index contributed by atoms with van der Waals surface area (Å²) in [4.78, 5) is 29.9. The molecule has 2 aromatic rings. The van der Waals surface area contributed by atoms with Crippen LogP contribution in [0.2, 0.25) is 0 Å². The molecule has 0 atom stereocenters. The zero-order valence-electron chi connectivity index (χ0n) is 15.7. The van der Waals surface area contributed by atoms with E-state index in [0.717, 1.165) is 35.6 Å². The molecule has 3 rings (SSSR count). The van der Waals surface area contributed by atoms with Gasteiger partial charge in [-0.05, 0) is 6.92 Å². The summed E-state index contributed by atoms with van der Waals surface area (Å²) >= 11 is 1.42. The van der Waals surface area contributed by atoms with Crippen LogP contribution in [0.15, 0.2) is 17.6 Å². The van der Waals surface area contributed by atoms with E-state index in [4.69, 9.17) is 4.98 Å². The highest BCUT2D eigenvalue weighted by atomic mass is 32.2. The number of carbonyl (C=O) groups excluding carboxylic acids is 1. The summed E-state index contributed by atoms with van der Waals surface area (Å²) in [7, 11) is 1.83. The first-order valence-electron chi connectivity index (χ1n) is 8.79. The van der Waals surface area contributed by atoms with Gasteiger partial charge in [-0.1, -0.05) is 25.6 Å². The maximum absolute atomic E-state index is 12.4. The van der Waals surface area contributed by atoms with Crippen molar-refractivity contribution in [2.75, 3.05) is 36.8 Å². The Hall–Kier alpha value is -2.16. The van der Waals surface area contributed by atoms with Crippen LogP contribution in [0.1, 0.15) is 31.3 Å². The van der Waals surface area contributed by atoms with Gasteiger partial charge in [-0.2, -0.15) is 5.10 Å². The topological polar surface area (TPSA) is 80.0 Å². The minimum atomic E-state index is 0.138. The summed E-state index contributed by atoms with van der Waals surface area (Å²) < 4.78 is 1.68. The molecule has 9 heteroatoms. The van der Waals surface area contributed by atoms with Gasteiger partial charge in [0.2, 0.25) is 5.91 Å². The SMILES string of the molecule is Cc1cc(N2CCN(C(=O)CSc3ncnn3C)CC2)nc(C(C)C)n1. The van der Waals surface area contributed by atoms with Crippen molar-refractivity contribution in [1.82, 2.24) is 29.6 Å². The number of aromatic nitrogens is 5. The first-order valence-corrected chi connectivity index (χ1v) is 9.77. The molecule has 0 spiro atoms. The lowest BCUT2D eigenvalue weighted by molar-refractivity contribution is -0.128. The Balaban J connectivity index is 1.55. The molecule has 2 aromatic heterocycles. The van der Waals surface area contributed by atoms with Crippen LogP contribution >= 0.6 is 11.8 Å². The molecule has 1 fully saturated rings. The maximum Gasteiger partial charge on any atom is 0.233 e. The van der Waals surface area contributed by atoms with Gasteiger partial charge in [0.15, 0.2) is 5.16 Å². The lowest BCUT2D eigenvalue weighted by Crippen LogP contribution is -2.49. The van der Waals surface area contributed by atoms with Gasteiger partial charge in [-0.3, -0.25) is 4.79 Å².